The fourth-order valence-electron chi connectivity index (χ4n) is 5.25. The molecule has 2 rings (SSSR count). The summed E-state index contributed by atoms with van der Waals surface area (Å²) in [4.78, 5) is 13.8. The predicted octanol–water partition coefficient (Wildman–Crippen LogP) is 5.99. The first-order valence-corrected chi connectivity index (χ1v) is 13.7. The van der Waals surface area contributed by atoms with Crippen molar-refractivity contribution in [1.82, 2.24) is 5.01 Å². The lowest BCUT2D eigenvalue weighted by Crippen LogP contribution is -2.49. The lowest BCUT2D eigenvalue weighted by atomic mass is 9.79. The van der Waals surface area contributed by atoms with E-state index in [-0.39, 0.29) is 34.6 Å². The Morgan fingerprint density at radius 2 is 1.62 bits per heavy atom. The highest BCUT2D eigenvalue weighted by atomic mass is 16.5. The van der Waals surface area contributed by atoms with Gasteiger partial charge in [-0.3, -0.25) is 5.01 Å². The number of nitrogens with zero attached hydrogens (tertiary/aromatic N) is 2. The first-order chi connectivity index (χ1) is 17.1. The number of esters is 1. The van der Waals surface area contributed by atoms with E-state index in [9.17, 15) is 9.90 Å². The average Bonchev–Trinajstić information content (AvgIpc) is 3.27. The molecule has 0 radical (unpaired) electrons. The second kappa shape index (κ2) is 12.2. The fraction of sp³-hybridized carbons (Fsp3) is 0.733. The van der Waals surface area contributed by atoms with E-state index in [1.165, 1.54) is 0 Å². The summed E-state index contributed by atoms with van der Waals surface area (Å²) in [5, 5.41) is 17.1. The van der Waals surface area contributed by atoms with Crippen LogP contribution < -0.4 is 9.47 Å². The van der Waals surface area contributed by atoms with Gasteiger partial charge in [-0.1, -0.05) is 55.4 Å². The molecule has 0 amide bonds. The maximum atomic E-state index is 13.8. The molecule has 0 aliphatic carbocycles. The summed E-state index contributed by atoms with van der Waals surface area (Å²) in [5.74, 6) is 0.724. The molecular weight excluding hydrogens is 468 g/mol. The van der Waals surface area contributed by atoms with Crippen LogP contribution in [0.2, 0.25) is 0 Å². The van der Waals surface area contributed by atoms with Gasteiger partial charge in [0.25, 0.3) is 0 Å². The molecule has 1 aliphatic rings. The number of methoxy groups -OCH3 is 2. The zero-order chi connectivity index (χ0) is 28.2. The summed E-state index contributed by atoms with van der Waals surface area (Å²) in [6.07, 6.45) is 2.97. The molecule has 7 nitrogen and oxygen atoms in total. The van der Waals surface area contributed by atoms with E-state index >= 15 is 0 Å². The van der Waals surface area contributed by atoms with E-state index in [0.717, 1.165) is 49.1 Å². The second-order valence-corrected chi connectivity index (χ2v) is 12.3. The normalized spacial score (nSPS) is 18.2. The van der Waals surface area contributed by atoms with Gasteiger partial charge in [0, 0.05) is 31.2 Å². The highest BCUT2D eigenvalue weighted by Gasteiger charge is 2.42. The third kappa shape index (κ3) is 7.26. The topological polar surface area (TPSA) is 80.6 Å². The Balaban J connectivity index is 2.59. The van der Waals surface area contributed by atoms with Crippen LogP contribution in [-0.4, -0.2) is 60.3 Å². The van der Waals surface area contributed by atoms with E-state index in [2.05, 4.69) is 55.4 Å². The van der Waals surface area contributed by atoms with Gasteiger partial charge in [0.2, 0.25) is 0 Å². The summed E-state index contributed by atoms with van der Waals surface area (Å²) in [7, 11) is 3.40. The summed E-state index contributed by atoms with van der Waals surface area (Å²) >= 11 is 0. The van der Waals surface area contributed by atoms with Crippen molar-refractivity contribution in [3.63, 3.8) is 0 Å². The van der Waals surface area contributed by atoms with Gasteiger partial charge < -0.3 is 19.3 Å². The maximum absolute atomic E-state index is 13.8. The van der Waals surface area contributed by atoms with Crippen molar-refractivity contribution in [2.45, 2.75) is 123 Å². The summed E-state index contributed by atoms with van der Waals surface area (Å²) < 4.78 is 17.8. The van der Waals surface area contributed by atoms with Crippen LogP contribution in [0.25, 0.3) is 0 Å². The summed E-state index contributed by atoms with van der Waals surface area (Å²) in [6.45, 7) is 19.2. The van der Waals surface area contributed by atoms with Crippen LogP contribution in [0.4, 0.5) is 0 Å². The number of hydrazone groups is 1. The minimum absolute atomic E-state index is 0.0561. The van der Waals surface area contributed by atoms with Gasteiger partial charge in [-0.05, 0) is 55.6 Å². The van der Waals surface area contributed by atoms with Crippen molar-refractivity contribution in [1.29, 1.82) is 0 Å². The molecule has 1 heterocycles. The summed E-state index contributed by atoms with van der Waals surface area (Å²) in [6, 6.07) is 3.94. The Labute approximate surface area is 224 Å². The third-order valence-corrected chi connectivity index (χ3v) is 7.52. The number of hydrogen-bond donors (Lipinski definition) is 1. The average molecular weight is 519 g/mol. The minimum Gasteiger partial charge on any atom is -0.497 e. The van der Waals surface area contributed by atoms with Crippen LogP contribution in [0.15, 0.2) is 17.2 Å². The number of carbonyl (C=O) groups excluding carboxylic acids is 1. The van der Waals surface area contributed by atoms with E-state index in [0.29, 0.717) is 5.75 Å². The van der Waals surface area contributed by atoms with Crippen LogP contribution in [-0.2, 0) is 20.4 Å². The first kappa shape index (κ1) is 31.1. The van der Waals surface area contributed by atoms with Crippen LogP contribution in [0, 0.1) is 0 Å². The van der Waals surface area contributed by atoms with Crippen molar-refractivity contribution in [2.24, 2.45) is 5.10 Å². The Kier molecular flexibility index (Phi) is 10.2. The van der Waals surface area contributed by atoms with Gasteiger partial charge in [0.05, 0.1) is 24.9 Å². The Morgan fingerprint density at radius 3 is 2.03 bits per heavy atom. The molecule has 0 unspecified atom stereocenters. The van der Waals surface area contributed by atoms with Crippen LogP contribution in [0.3, 0.4) is 0 Å². The summed E-state index contributed by atoms with van der Waals surface area (Å²) in [5.41, 5.74) is 1.05. The zero-order valence-corrected chi connectivity index (χ0v) is 25.0. The van der Waals surface area contributed by atoms with Gasteiger partial charge in [0.1, 0.15) is 17.2 Å². The SMILES string of the molecule is CCC(CC)(OC)[C@@H]1CCCN1/N=C(\C[C@@H](C)O)C(=O)Oc1c(C(C)(C)C)cc(OC)cc1C(C)(C)C. The maximum Gasteiger partial charge on any atom is 0.360 e. The quantitative estimate of drug-likeness (QED) is 0.233. The third-order valence-electron chi connectivity index (χ3n) is 7.52. The van der Waals surface area contributed by atoms with Crippen LogP contribution >= 0.6 is 0 Å². The largest absolute Gasteiger partial charge is 0.497 e. The minimum atomic E-state index is -0.739. The van der Waals surface area contributed by atoms with Gasteiger partial charge in [-0.25, -0.2) is 4.79 Å². The molecule has 0 bridgehead atoms. The van der Waals surface area contributed by atoms with Gasteiger partial charge in [-0.15, -0.1) is 0 Å². The van der Waals surface area contributed by atoms with E-state index in [4.69, 9.17) is 19.3 Å². The van der Waals surface area contributed by atoms with Gasteiger partial charge in [-0.2, -0.15) is 5.10 Å². The number of aliphatic hydroxyl groups excluding tert-OH is 1. The lowest BCUT2D eigenvalue weighted by molar-refractivity contribution is -0.127. The zero-order valence-electron chi connectivity index (χ0n) is 25.0. The monoisotopic (exact) mass is 518 g/mol. The Hall–Kier alpha value is -2.12. The molecule has 210 valence electrons. The first-order valence-electron chi connectivity index (χ1n) is 13.7. The molecule has 0 spiro atoms. The number of hydrogen-bond acceptors (Lipinski definition) is 7. The number of rotatable bonds is 10. The lowest BCUT2D eigenvalue weighted by Gasteiger charge is -2.40. The van der Waals surface area contributed by atoms with E-state index in [1.54, 1.807) is 21.1 Å². The Morgan fingerprint density at radius 1 is 1.08 bits per heavy atom. The number of carbonyl (C=O) groups is 1. The highest BCUT2D eigenvalue weighted by molar-refractivity contribution is 6.37. The molecular formula is C30H50N2O5. The molecule has 0 aromatic heterocycles. The molecule has 1 aliphatic heterocycles. The van der Waals surface area contributed by atoms with Crippen LogP contribution in [0.1, 0.15) is 106 Å². The van der Waals surface area contributed by atoms with Crippen molar-refractivity contribution >= 4 is 11.7 Å². The number of benzene rings is 1. The van der Waals surface area contributed by atoms with Crippen molar-refractivity contribution in [3.8, 4) is 11.5 Å². The molecule has 1 aromatic rings. The van der Waals surface area contributed by atoms with Gasteiger partial charge in [0.15, 0.2) is 0 Å². The van der Waals surface area contributed by atoms with Crippen molar-refractivity contribution < 1.29 is 24.1 Å². The smallest absolute Gasteiger partial charge is 0.360 e. The van der Waals surface area contributed by atoms with E-state index < -0.39 is 12.1 Å². The molecule has 1 saturated heterocycles. The number of aliphatic hydroxyl groups is 1. The molecule has 7 heteroatoms. The molecule has 37 heavy (non-hydrogen) atoms. The molecule has 0 saturated carbocycles. The van der Waals surface area contributed by atoms with Crippen molar-refractivity contribution in [3.05, 3.63) is 23.3 Å². The molecule has 1 fully saturated rings. The standard InChI is InChI=1S/C30H50N2O5/c1-12-30(13-2,36-11)25-15-14-16-32(25)31-24(17-20(3)33)27(34)37-26-22(28(4,5)6)18-21(35-10)19-23(26)29(7,8)9/h18-20,25,33H,12-17H2,1-11H3/b31-24+/t20-,25+/m1/s1. The van der Waals surface area contributed by atoms with Crippen LogP contribution in [0.5, 0.6) is 11.5 Å². The molecule has 1 N–H and O–H groups in total. The van der Waals surface area contributed by atoms with Gasteiger partial charge >= 0.3 is 5.97 Å². The number of ether oxygens (including phenoxy) is 3. The van der Waals surface area contributed by atoms with E-state index in [1.807, 2.05) is 17.1 Å². The predicted molar refractivity (Wildman–Crippen MR) is 150 cm³/mol. The highest BCUT2D eigenvalue weighted by Crippen LogP contribution is 2.43. The van der Waals surface area contributed by atoms with Crippen molar-refractivity contribution in [2.75, 3.05) is 20.8 Å². The molecule has 1 aromatic carbocycles. The Bertz CT molecular complexity index is 908. The fourth-order valence-corrected chi connectivity index (χ4v) is 5.25. The molecule has 2 atom stereocenters. The second-order valence-electron chi connectivity index (χ2n) is 12.3.